The molecule has 0 spiro atoms. The van der Waals surface area contributed by atoms with Crippen LogP contribution in [0.1, 0.15) is 37.0 Å². The SMILES string of the molecule is CCOC(=O)CCCN(CC)c1cc(OC)c(C=O)cc1NC. The second-order valence-corrected chi connectivity index (χ2v) is 4.97. The van der Waals surface area contributed by atoms with Gasteiger partial charge in [-0.3, -0.25) is 9.59 Å². The topological polar surface area (TPSA) is 67.9 Å². The van der Waals surface area contributed by atoms with Crippen LogP contribution in [0.25, 0.3) is 0 Å². The van der Waals surface area contributed by atoms with Crippen molar-refractivity contribution in [3.63, 3.8) is 0 Å². The first kappa shape index (κ1) is 18.8. The number of carbonyl (C=O) groups is 2. The molecule has 0 amide bonds. The van der Waals surface area contributed by atoms with Gasteiger partial charge in [-0.05, 0) is 26.3 Å². The fourth-order valence-electron chi connectivity index (χ4n) is 2.41. The molecule has 0 aliphatic carbocycles. The lowest BCUT2D eigenvalue weighted by Crippen LogP contribution is -2.25. The Balaban J connectivity index is 2.91. The van der Waals surface area contributed by atoms with Crippen LogP contribution in [0.2, 0.25) is 0 Å². The Labute approximate surface area is 137 Å². The summed E-state index contributed by atoms with van der Waals surface area (Å²) in [6.07, 6.45) is 1.87. The number of nitrogens with one attached hydrogen (secondary N) is 1. The molecule has 0 saturated carbocycles. The number of carbonyl (C=O) groups excluding carboxylic acids is 2. The van der Waals surface area contributed by atoms with Gasteiger partial charge < -0.3 is 19.7 Å². The first-order valence-corrected chi connectivity index (χ1v) is 7.86. The van der Waals surface area contributed by atoms with Crippen LogP contribution < -0.4 is 15.0 Å². The molecule has 0 atom stereocenters. The Bertz CT molecular complexity index is 532. The second-order valence-electron chi connectivity index (χ2n) is 4.97. The van der Waals surface area contributed by atoms with Crippen LogP contribution >= 0.6 is 0 Å². The third-order valence-electron chi connectivity index (χ3n) is 3.58. The maximum atomic E-state index is 11.4. The Hall–Kier alpha value is -2.24. The summed E-state index contributed by atoms with van der Waals surface area (Å²) in [7, 11) is 3.36. The van der Waals surface area contributed by atoms with Crippen LogP contribution in [0.5, 0.6) is 5.75 Å². The largest absolute Gasteiger partial charge is 0.496 e. The summed E-state index contributed by atoms with van der Waals surface area (Å²) in [5.41, 5.74) is 2.30. The third kappa shape index (κ3) is 5.16. The van der Waals surface area contributed by atoms with E-state index in [0.717, 1.165) is 24.2 Å². The van der Waals surface area contributed by atoms with Gasteiger partial charge in [0, 0.05) is 32.6 Å². The average Bonchev–Trinajstić information content (AvgIpc) is 2.57. The zero-order chi connectivity index (χ0) is 17.2. The van der Waals surface area contributed by atoms with Gasteiger partial charge in [-0.1, -0.05) is 0 Å². The highest BCUT2D eigenvalue weighted by atomic mass is 16.5. The molecule has 0 aromatic heterocycles. The summed E-state index contributed by atoms with van der Waals surface area (Å²) in [6, 6.07) is 3.62. The van der Waals surface area contributed by atoms with Crippen molar-refractivity contribution in [2.24, 2.45) is 0 Å². The van der Waals surface area contributed by atoms with Gasteiger partial charge in [0.1, 0.15) is 5.75 Å². The van der Waals surface area contributed by atoms with Crippen molar-refractivity contribution in [1.29, 1.82) is 0 Å². The highest BCUT2D eigenvalue weighted by Crippen LogP contribution is 2.33. The number of anilines is 2. The zero-order valence-electron chi connectivity index (χ0n) is 14.3. The van der Waals surface area contributed by atoms with Crippen LogP contribution in [-0.2, 0) is 9.53 Å². The first-order valence-electron chi connectivity index (χ1n) is 7.86. The maximum Gasteiger partial charge on any atom is 0.305 e. The second kappa shape index (κ2) is 9.71. The number of methoxy groups -OCH3 is 1. The number of hydrogen-bond donors (Lipinski definition) is 1. The van der Waals surface area contributed by atoms with Gasteiger partial charge in [0.2, 0.25) is 0 Å². The predicted octanol–water partition coefficient (Wildman–Crippen LogP) is 2.72. The monoisotopic (exact) mass is 322 g/mol. The van der Waals surface area contributed by atoms with Gasteiger partial charge in [-0.15, -0.1) is 0 Å². The molecule has 0 aliphatic rings. The van der Waals surface area contributed by atoms with Gasteiger partial charge in [0.25, 0.3) is 0 Å². The quantitative estimate of drug-likeness (QED) is 0.528. The van der Waals surface area contributed by atoms with Crippen LogP contribution in [0.15, 0.2) is 12.1 Å². The molecular formula is C17H26N2O4. The lowest BCUT2D eigenvalue weighted by atomic mass is 10.1. The number of ether oxygens (including phenoxy) is 2. The van der Waals surface area contributed by atoms with Gasteiger partial charge in [-0.2, -0.15) is 0 Å². The molecular weight excluding hydrogens is 296 g/mol. The van der Waals surface area contributed by atoms with Crippen LogP contribution in [-0.4, -0.2) is 46.1 Å². The van der Waals surface area contributed by atoms with E-state index < -0.39 is 0 Å². The van der Waals surface area contributed by atoms with Crippen molar-refractivity contribution in [1.82, 2.24) is 0 Å². The van der Waals surface area contributed by atoms with E-state index >= 15 is 0 Å². The fourth-order valence-corrected chi connectivity index (χ4v) is 2.41. The number of aldehydes is 1. The first-order chi connectivity index (χ1) is 11.1. The molecule has 0 aliphatic heterocycles. The van der Waals surface area contributed by atoms with Crippen molar-refractivity contribution in [2.75, 3.05) is 44.1 Å². The van der Waals surface area contributed by atoms with Gasteiger partial charge in [0.15, 0.2) is 6.29 Å². The molecule has 0 heterocycles. The highest BCUT2D eigenvalue weighted by Gasteiger charge is 2.15. The average molecular weight is 322 g/mol. The van der Waals surface area contributed by atoms with Crippen molar-refractivity contribution in [3.8, 4) is 5.75 Å². The summed E-state index contributed by atoms with van der Waals surface area (Å²) >= 11 is 0. The Kier molecular flexibility index (Phi) is 7.94. The van der Waals surface area contributed by atoms with Crippen molar-refractivity contribution in [3.05, 3.63) is 17.7 Å². The van der Waals surface area contributed by atoms with Crippen molar-refractivity contribution in [2.45, 2.75) is 26.7 Å². The summed E-state index contributed by atoms with van der Waals surface area (Å²) in [5.74, 6) is 0.365. The summed E-state index contributed by atoms with van der Waals surface area (Å²) in [4.78, 5) is 24.7. The van der Waals surface area contributed by atoms with Crippen molar-refractivity contribution >= 4 is 23.6 Å². The minimum Gasteiger partial charge on any atom is -0.496 e. The molecule has 0 saturated heterocycles. The van der Waals surface area contributed by atoms with Gasteiger partial charge >= 0.3 is 5.97 Å². The number of nitrogens with zero attached hydrogens (tertiary/aromatic N) is 1. The number of esters is 1. The van der Waals surface area contributed by atoms with Gasteiger partial charge in [0.05, 0.1) is 30.7 Å². The standard InChI is InChI=1S/C17H26N2O4/c1-5-19(9-7-8-17(21)23-6-2)15-11-16(22-4)13(12-20)10-14(15)18-3/h10-12,18H,5-9H2,1-4H3. The fraction of sp³-hybridized carbons (Fsp3) is 0.529. The van der Waals surface area contributed by atoms with E-state index in [0.29, 0.717) is 37.3 Å². The van der Waals surface area contributed by atoms with E-state index in [-0.39, 0.29) is 5.97 Å². The van der Waals surface area contributed by atoms with E-state index in [1.54, 1.807) is 20.1 Å². The molecule has 0 radical (unpaired) electrons. The molecule has 0 bridgehead atoms. The third-order valence-corrected chi connectivity index (χ3v) is 3.58. The number of benzene rings is 1. The predicted molar refractivity (Wildman–Crippen MR) is 91.7 cm³/mol. The molecule has 128 valence electrons. The number of hydrogen-bond acceptors (Lipinski definition) is 6. The molecule has 1 N–H and O–H groups in total. The maximum absolute atomic E-state index is 11.4. The van der Waals surface area contributed by atoms with E-state index in [2.05, 4.69) is 10.2 Å². The normalized spacial score (nSPS) is 10.1. The molecule has 6 nitrogen and oxygen atoms in total. The minimum absolute atomic E-state index is 0.175. The van der Waals surface area contributed by atoms with E-state index in [9.17, 15) is 9.59 Å². The molecule has 1 rings (SSSR count). The van der Waals surface area contributed by atoms with E-state index in [1.165, 1.54) is 0 Å². The molecule has 1 aromatic rings. The molecule has 0 fully saturated rings. The molecule has 23 heavy (non-hydrogen) atoms. The van der Waals surface area contributed by atoms with E-state index in [1.807, 2.05) is 20.0 Å². The summed E-state index contributed by atoms with van der Waals surface area (Å²) in [6.45, 7) is 5.75. The zero-order valence-corrected chi connectivity index (χ0v) is 14.3. The van der Waals surface area contributed by atoms with Crippen LogP contribution in [0, 0.1) is 0 Å². The summed E-state index contributed by atoms with van der Waals surface area (Å²) < 4.78 is 10.2. The molecule has 6 heteroatoms. The Morgan fingerprint density at radius 2 is 2.09 bits per heavy atom. The van der Waals surface area contributed by atoms with Crippen LogP contribution in [0.3, 0.4) is 0 Å². The lowest BCUT2D eigenvalue weighted by Gasteiger charge is -2.26. The molecule has 1 aromatic carbocycles. The smallest absolute Gasteiger partial charge is 0.305 e. The Morgan fingerprint density at radius 3 is 2.61 bits per heavy atom. The van der Waals surface area contributed by atoms with E-state index in [4.69, 9.17) is 9.47 Å². The lowest BCUT2D eigenvalue weighted by molar-refractivity contribution is -0.143. The minimum atomic E-state index is -0.175. The summed E-state index contributed by atoms with van der Waals surface area (Å²) in [5, 5.41) is 3.11. The molecule has 0 unspecified atom stereocenters. The van der Waals surface area contributed by atoms with Crippen LogP contribution in [0.4, 0.5) is 11.4 Å². The van der Waals surface area contributed by atoms with Crippen molar-refractivity contribution < 1.29 is 19.1 Å². The van der Waals surface area contributed by atoms with Gasteiger partial charge in [-0.25, -0.2) is 0 Å². The highest BCUT2D eigenvalue weighted by molar-refractivity contribution is 5.86. The Morgan fingerprint density at radius 1 is 1.35 bits per heavy atom. The number of rotatable bonds is 10.